The molecule has 0 aromatic heterocycles. The van der Waals surface area contributed by atoms with Crippen molar-refractivity contribution >= 4 is 23.7 Å². The first-order valence-electron chi connectivity index (χ1n) is 10.6. The summed E-state index contributed by atoms with van der Waals surface area (Å²) >= 11 is 0. The third-order valence-corrected chi connectivity index (χ3v) is 4.62. The predicted molar refractivity (Wildman–Crippen MR) is 129 cm³/mol. The van der Waals surface area contributed by atoms with Gasteiger partial charge in [-0.05, 0) is 68.8 Å². The maximum atomic E-state index is 12.2. The van der Waals surface area contributed by atoms with Gasteiger partial charge in [-0.25, -0.2) is 5.43 Å². The van der Waals surface area contributed by atoms with Crippen molar-refractivity contribution in [2.45, 2.75) is 20.8 Å². The lowest BCUT2D eigenvalue weighted by Gasteiger charge is -2.12. The Kier molecular flexibility index (Phi) is 8.18. The standard InChI is InChI=1S/C26H27N3O4/c1-4-32-24-15-20(16-27-29-26(31)21-7-5-6-19(3)14-21)10-13-23(24)33-17-25(30)28-22-11-8-18(2)9-12-22/h5-16H,4,17H2,1-3H3,(H,28,30)(H,29,31)/b27-16+. The highest BCUT2D eigenvalue weighted by Gasteiger charge is 2.10. The van der Waals surface area contributed by atoms with E-state index in [2.05, 4.69) is 15.8 Å². The van der Waals surface area contributed by atoms with Crippen LogP contribution in [0.1, 0.15) is 34.0 Å². The molecule has 0 radical (unpaired) electrons. The molecule has 3 aromatic rings. The number of amides is 2. The third-order valence-electron chi connectivity index (χ3n) is 4.62. The van der Waals surface area contributed by atoms with Crippen molar-refractivity contribution in [3.8, 4) is 11.5 Å². The van der Waals surface area contributed by atoms with Gasteiger partial charge >= 0.3 is 0 Å². The van der Waals surface area contributed by atoms with Gasteiger partial charge in [0.25, 0.3) is 11.8 Å². The Bertz CT molecular complexity index is 1140. The molecule has 0 aliphatic heterocycles. The summed E-state index contributed by atoms with van der Waals surface area (Å²) in [6.07, 6.45) is 1.52. The molecule has 170 valence electrons. The normalized spacial score (nSPS) is 10.6. The molecule has 7 nitrogen and oxygen atoms in total. The number of aryl methyl sites for hydroxylation is 2. The van der Waals surface area contributed by atoms with Gasteiger partial charge in [0.1, 0.15) is 0 Å². The molecule has 0 atom stereocenters. The van der Waals surface area contributed by atoms with Gasteiger partial charge in [0.05, 0.1) is 12.8 Å². The van der Waals surface area contributed by atoms with Gasteiger partial charge in [-0.2, -0.15) is 5.10 Å². The van der Waals surface area contributed by atoms with Gasteiger partial charge in [-0.15, -0.1) is 0 Å². The summed E-state index contributed by atoms with van der Waals surface area (Å²) in [7, 11) is 0. The van der Waals surface area contributed by atoms with Gasteiger partial charge in [-0.3, -0.25) is 9.59 Å². The molecule has 2 amide bonds. The molecule has 0 fully saturated rings. The highest BCUT2D eigenvalue weighted by atomic mass is 16.5. The Labute approximate surface area is 193 Å². The number of benzene rings is 3. The number of hydrogen-bond acceptors (Lipinski definition) is 5. The number of rotatable bonds is 9. The van der Waals surface area contributed by atoms with Crippen molar-refractivity contribution in [1.29, 1.82) is 0 Å². The van der Waals surface area contributed by atoms with Crippen molar-refractivity contribution in [1.82, 2.24) is 5.43 Å². The first-order valence-corrected chi connectivity index (χ1v) is 10.6. The van der Waals surface area contributed by atoms with Crippen LogP contribution in [0, 0.1) is 13.8 Å². The summed E-state index contributed by atoms with van der Waals surface area (Å²) in [5.74, 6) is 0.358. The van der Waals surface area contributed by atoms with E-state index in [0.29, 0.717) is 34.9 Å². The van der Waals surface area contributed by atoms with Crippen LogP contribution >= 0.6 is 0 Å². The second kappa shape index (κ2) is 11.5. The lowest BCUT2D eigenvalue weighted by molar-refractivity contribution is -0.118. The molecule has 0 spiro atoms. The van der Waals surface area contributed by atoms with Crippen molar-refractivity contribution in [2.75, 3.05) is 18.5 Å². The Morgan fingerprint density at radius 2 is 1.70 bits per heavy atom. The molecule has 0 heterocycles. The van der Waals surface area contributed by atoms with E-state index in [0.717, 1.165) is 11.1 Å². The number of nitrogens with one attached hydrogen (secondary N) is 2. The van der Waals surface area contributed by atoms with Crippen LogP contribution in [-0.2, 0) is 4.79 Å². The van der Waals surface area contributed by atoms with Crippen molar-refractivity contribution < 1.29 is 19.1 Å². The number of nitrogens with zero attached hydrogens (tertiary/aromatic N) is 1. The Balaban J connectivity index is 1.59. The second-order valence-electron chi connectivity index (χ2n) is 7.41. The summed E-state index contributed by atoms with van der Waals surface area (Å²) in [5, 5.41) is 6.81. The molecular weight excluding hydrogens is 418 g/mol. The van der Waals surface area contributed by atoms with Crippen LogP contribution in [-0.4, -0.2) is 31.2 Å². The smallest absolute Gasteiger partial charge is 0.271 e. The molecule has 0 aliphatic carbocycles. The fourth-order valence-corrected chi connectivity index (χ4v) is 2.99. The van der Waals surface area contributed by atoms with E-state index >= 15 is 0 Å². The summed E-state index contributed by atoms with van der Waals surface area (Å²) in [5.41, 5.74) is 6.58. The van der Waals surface area contributed by atoms with E-state index in [1.165, 1.54) is 6.21 Å². The number of hydrazone groups is 1. The van der Waals surface area contributed by atoms with Gasteiger partial charge in [0.15, 0.2) is 18.1 Å². The summed E-state index contributed by atoms with van der Waals surface area (Å²) < 4.78 is 11.3. The molecule has 0 saturated carbocycles. The lowest BCUT2D eigenvalue weighted by Crippen LogP contribution is -2.20. The topological polar surface area (TPSA) is 89.0 Å². The maximum Gasteiger partial charge on any atom is 0.271 e. The summed E-state index contributed by atoms with van der Waals surface area (Å²) in [4.78, 5) is 24.4. The molecule has 0 saturated heterocycles. The van der Waals surface area contributed by atoms with E-state index in [-0.39, 0.29) is 18.4 Å². The van der Waals surface area contributed by atoms with Crippen molar-refractivity contribution in [2.24, 2.45) is 5.10 Å². The van der Waals surface area contributed by atoms with E-state index in [1.807, 2.05) is 57.2 Å². The van der Waals surface area contributed by atoms with Crippen LogP contribution in [0.15, 0.2) is 71.8 Å². The Hall–Kier alpha value is -4.13. The highest BCUT2D eigenvalue weighted by molar-refractivity contribution is 5.95. The number of carbonyl (C=O) groups is 2. The first-order chi connectivity index (χ1) is 15.9. The molecule has 7 heteroatoms. The highest BCUT2D eigenvalue weighted by Crippen LogP contribution is 2.28. The Morgan fingerprint density at radius 1 is 0.909 bits per heavy atom. The monoisotopic (exact) mass is 445 g/mol. The predicted octanol–water partition coefficient (Wildman–Crippen LogP) is 4.48. The molecule has 3 rings (SSSR count). The fourth-order valence-electron chi connectivity index (χ4n) is 2.99. The molecule has 33 heavy (non-hydrogen) atoms. The average Bonchev–Trinajstić information content (AvgIpc) is 2.80. The van der Waals surface area contributed by atoms with Crippen molar-refractivity contribution in [3.63, 3.8) is 0 Å². The molecule has 3 aromatic carbocycles. The van der Waals surface area contributed by atoms with Crippen LogP contribution in [0.5, 0.6) is 11.5 Å². The molecule has 0 aliphatic rings. The number of hydrogen-bond donors (Lipinski definition) is 2. The van der Waals surface area contributed by atoms with Gasteiger partial charge in [0, 0.05) is 11.3 Å². The second-order valence-corrected chi connectivity index (χ2v) is 7.41. The number of ether oxygens (including phenoxy) is 2. The zero-order chi connectivity index (χ0) is 23.6. The largest absolute Gasteiger partial charge is 0.490 e. The minimum atomic E-state index is -0.292. The van der Waals surface area contributed by atoms with Crippen LogP contribution in [0.25, 0.3) is 0 Å². The minimum Gasteiger partial charge on any atom is -0.490 e. The first kappa shape index (κ1) is 23.5. The van der Waals surface area contributed by atoms with Gasteiger partial charge in [0.2, 0.25) is 0 Å². The zero-order valence-electron chi connectivity index (χ0n) is 18.9. The maximum absolute atomic E-state index is 12.2. The van der Waals surface area contributed by atoms with Crippen LogP contribution in [0.3, 0.4) is 0 Å². The summed E-state index contributed by atoms with van der Waals surface area (Å²) in [6, 6.07) is 20.0. The van der Waals surface area contributed by atoms with E-state index < -0.39 is 0 Å². The van der Waals surface area contributed by atoms with Crippen molar-refractivity contribution in [3.05, 3.63) is 89.0 Å². The average molecular weight is 446 g/mol. The van der Waals surface area contributed by atoms with Crippen LogP contribution in [0.4, 0.5) is 5.69 Å². The number of anilines is 1. The SMILES string of the molecule is CCOc1cc(/C=N/NC(=O)c2cccc(C)c2)ccc1OCC(=O)Nc1ccc(C)cc1. The van der Waals surface area contributed by atoms with Crippen LogP contribution in [0.2, 0.25) is 0 Å². The quantitative estimate of drug-likeness (QED) is 0.375. The van der Waals surface area contributed by atoms with E-state index in [4.69, 9.17) is 9.47 Å². The molecular formula is C26H27N3O4. The zero-order valence-corrected chi connectivity index (χ0v) is 18.9. The molecule has 2 N–H and O–H groups in total. The van der Waals surface area contributed by atoms with Gasteiger partial charge in [-0.1, -0.05) is 35.4 Å². The van der Waals surface area contributed by atoms with E-state index in [1.54, 1.807) is 30.3 Å². The number of carbonyl (C=O) groups excluding carboxylic acids is 2. The van der Waals surface area contributed by atoms with E-state index in [9.17, 15) is 9.59 Å². The fraction of sp³-hybridized carbons (Fsp3) is 0.192. The molecule has 0 unspecified atom stereocenters. The summed E-state index contributed by atoms with van der Waals surface area (Å²) in [6.45, 7) is 6.03. The lowest BCUT2D eigenvalue weighted by atomic mass is 10.1. The minimum absolute atomic E-state index is 0.159. The van der Waals surface area contributed by atoms with Crippen LogP contribution < -0.4 is 20.2 Å². The van der Waals surface area contributed by atoms with Gasteiger partial charge < -0.3 is 14.8 Å². The molecule has 0 bridgehead atoms. The third kappa shape index (κ3) is 7.21. The Morgan fingerprint density at radius 3 is 2.42 bits per heavy atom.